The van der Waals surface area contributed by atoms with Crippen LogP contribution in [0.3, 0.4) is 0 Å². The molecule has 0 fully saturated rings. The van der Waals surface area contributed by atoms with Gasteiger partial charge in [-0.05, 0) is 77.0 Å². The van der Waals surface area contributed by atoms with Crippen LogP contribution >= 0.6 is 0 Å². The number of carbonyl (C=O) groups excluding carboxylic acids is 3. The van der Waals surface area contributed by atoms with E-state index in [1.165, 1.54) is 0 Å². The zero-order chi connectivity index (χ0) is 39.4. The molecule has 0 bridgehead atoms. The van der Waals surface area contributed by atoms with Gasteiger partial charge in [0, 0.05) is 12.8 Å². The van der Waals surface area contributed by atoms with Gasteiger partial charge in [-0.1, -0.05) is 167 Å². The van der Waals surface area contributed by atoms with Crippen LogP contribution < -0.4 is 0 Å². The van der Waals surface area contributed by atoms with Crippen LogP contribution in [-0.2, 0) is 28.6 Å². The van der Waals surface area contributed by atoms with E-state index >= 15 is 0 Å². The molecule has 1 unspecified atom stereocenters. The summed E-state index contributed by atoms with van der Waals surface area (Å²) < 4.78 is 16.4. The fourth-order valence-corrected chi connectivity index (χ4v) is 4.60. The number of ether oxygens (including phenoxy) is 3. The second-order valence-electron chi connectivity index (χ2n) is 12.5. The summed E-state index contributed by atoms with van der Waals surface area (Å²) in [4.78, 5) is 37.5. The minimum Gasteiger partial charge on any atom is -0.462 e. The SMILES string of the molecule is CC\C=C/C=C\C=C/C=C\C=C/CCCC(=O)OC(COC(=O)C/C=C\C/C=C\C/C=C\CC)COC(=O)CCCCCC/C=C\C/C=C\C/C=C\CC. The van der Waals surface area contributed by atoms with Gasteiger partial charge in [-0.25, -0.2) is 0 Å². The molecule has 0 N–H and O–H groups in total. The van der Waals surface area contributed by atoms with E-state index < -0.39 is 18.0 Å². The first-order valence-electron chi connectivity index (χ1n) is 20.3. The van der Waals surface area contributed by atoms with Crippen LogP contribution in [-0.4, -0.2) is 37.2 Å². The fourth-order valence-electron chi connectivity index (χ4n) is 4.60. The van der Waals surface area contributed by atoms with Gasteiger partial charge in [0.1, 0.15) is 13.2 Å². The van der Waals surface area contributed by atoms with Gasteiger partial charge in [0.2, 0.25) is 0 Å². The second kappa shape index (κ2) is 41.3. The van der Waals surface area contributed by atoms with Crippen molar-refractivity contribution in [1.29, 1.82) is 0 Å². The van der Waals surface area contributed by atoms with Crippen molar-refractivity contribution < 1.29 is 28.6 Å². The molecule has 0 radical (unpaired) electrons. The standard InChI is InChI=1S/C48H70O6/c1-4-7-10-13-16-19-21-23-25-26-29-32-35-38-41-47(50)53-44-45(43-52-46(49)40-37-34-31-28-18-15-12-9-6-3)54-48(51)42-39-36-33-30-27-24-22-20-17-14-11-8-5-2/h7-12,14,16-20,22-25,27-28,30,33-34,37,45H,4-6,13,15,21,26,29,31-32,35-36,38-44H2,1-3H3/b10-7-,11-8-,12-9-,17-14-,19-16-,22-20-,25-23-,27-24-,28-18-,33-30-,37-34-. The van der Waals surface area contributed by atoms with E-state index in [1.54, 1.807) is 6.08 Å². The molecule has 0 aromatic carbocycles. The van der Waals surface area contributed by atoms with Crippen LogP contribution in [0.15, 0.2) is 134 Å². The third-order valence-corrected chi connectivity index (χ3v) is 7.54. The second-order valence-corrected chi connectivity index (χ2v) is 12.5. The molecular formula is C48H70O6. The Hall–Kier alpha value is -4.45. The normalized spacial score (nSPS) is 13.5. The molecule has 0 spiro atoms. The summed E-state index contributed by atoms with van der Waals surface area (Å²) >= 11 is 0. The van der Waals surface area contributed by atoms with Gasteiger partial charge in [-0.3, -0.25) is 14.4 Å². The van der Waals surface area contributed by atoms with E-state index in [2.05, 4.69) is 87.6 Å². The average molecular weight is 743 g/mol. The minimum absolute atomic E-state index is 0.109. The maximum atomic E-state index is 12.6. The number of carbonyl (C=O) groups is 3. The summed E-state index contributed by atoms with van der Waals surface area (Å²) in [7, 11) is 0. The minimum atomic E-state index is -0.861. The molecule has 298 valence electrons. The van der Waals surface area contributed by atoms with Gasteiger partial charge in [-0.2, -0.15) is 0 Å². The summed E-state index contributed by atoms with van der Waals surface area (Å²) in [5.41, 5.74) is 0. The Bertz CT molecular complexity index is 1270. The van der Waals surface area contributed by atoms with E-state index in [9.17, 15) is 14.4 Å². The maximum Gasteiger partial charge on any atom is 0.309 e. The van der Waals surface area contributed by atoms with Crippen LogP contribution in [0.2, 0.25) is 0 Å². The average Bonchev–Trinajstić information content (AvgIpc) is 3.17. The van der Waals surface area contributed by atoms with Gasteiger partial charge in [0.05, 0.1) is 6.42 Å². The highest BCUT2D eigenvalue weighted by molar-refractivity contribution is 5.72. The quantitative estimate of drug-likeness (QED) is 0.0219. The molecule has 0 amide bonds. The highest BCUT2D eigenvalue weighted by atomic mass is 16.6. The first kappa shape index (κ1) is 49.6. The third-order valence-electron chi connectivity index (χ3n) is 7.54. The number of esters is 3. The lowest BCUT2D eigenvalue weighted by Crippen LogP contribution is -2.30. The summed E-state index contributed by atoms with van der Waals surface area (Å²) in [5.74, 6) is -1.20. The molecule has 54 heavy (non-hydrogen) atoms. The van der Waals surface area contributed by atoms with E-state index in [-0.39, 0.29) is 32.0 Å². The summed E-state index contributed by atoms with van der Waals surface area (Å²) in [6, 6.07) is 0. The van der Waals surface area contributed by atoms with Crippen LogP contribution in [0.25, 0.3) is 0 Å². The smallest absolute Gasteiger partial charge is 0.309 e. The summed E-state index contributed by atoms with van der Waals surface area (Å²) in [6.45, 7) is 6.02. The van der Waals surface area contributed by atoms with Crippen molar-refractivity contribution >= 4 is 17.9 Å². The highest BCUT2D eigenvalue weighted by Crippen LogP contribution is 2.09. The van der Waals surface area contributed by atoms with Gasteiger partial charge >= 0.3 is 17.9 Å². The molecule has 0 heterocycles. The Balaban J connectivity index is 4.65. The van der Waals surface area contributed by atoms with Crippen LogP contribution in [0.4, 0.5) is 0 Å². The van der Waals surface area contributed by atoms with Crippen molar-refractivity contribution in [3.05, 3.63) is 134 Å². The number of rotatable bonds is 33. The van der Waals surface area contributed by atoms with Crippen molar-refractivity contribution in [2.24, 2.45) is 0 Å². The first-order valence-corrected chi connectivity index (χ1v) is 20.3. The molecule has 0 aliphatic carbocycles. The molecule has 6 heteroatoms. The Morgan fingerprint density at radius 3 is 1.44 bits per heavy atom. The van der Waals surface area contributed by atoms with E-state index in [4.69, 9.17) is 14.2 Å². The van der Waals surface area contributed by atoms with Crippen molar-refractivity contribution in [1.82, 2.24) is 0 Å². The lowest BCUT2D eigenvalue weighted by Gasteiger charge is -2.18. The third kappa shape index (κ3) is 38.8. The van der Waals surface area contributed by atoms with E-state index in [0.717, 1.165) is 77.0 Å². The van der Waals surface area contributed by atoms with E-state index in [1.807, 2.05) is 60.8 Å². The maximum absolute atomic E-state index is 12.6. The number of allylic oxidation sites excluding steroid dienone is 21. The Morgan fingerprint density at radius 2 is 0.852 bits per heavy atom. The molecule has 0 aromatic heterocycles. The van der Waals surface area contributed by atoms with Gasteiger partial charge in [-0.15, -0.1) is 0 Å². The Kier molecular flexibility index (Phi) is 37.9. The Morgan fingerprint density at radius 1 is 0.407 bits per heavy atom. The zero-order valence-corrected chi connectivity index (χ0v) is 33.7. The van der Waals surface area contributed by atoms with Crippen molar-refractivity contribution in [3.63, 3.8) is 0 Å². The monoisotopic (exact) mass is 743 g/mol. The molecule has 0 rings (SSSR count). The van der Waals surface area contributed by atoms with Crippen LogP contribution in [0, 0.1) is 0 Å². The molecule has 0 saturated carbocycles. The summed E-state index contributed by atoms with van der Waals surface area (Å²) in [5, 5.41) is 0. The predicted molar refractivity (Wildman–Crippen MR) is 228 cm³/mol. The van der Waals surface area contributed by atoms with Crippen LogP contribution in [0.1, 0.15) is 130 Å². The molecule has 6 nitrogen and oxygen atoms in total. The van der Waals surface area contributed by atoms with Crippen molar-refractivity contribution in [2.75, 3.05) is 13.2 Å². The predicted octanol–water partition coefficient (Wildman–Crippen LogP) is 12.8. The van der Waals surface area contributed by atoms with Gasteiger partial charge in [0.15, 0.2) is 6.10 Å². The highest BCUT2D eigenvalue weighted by Gasteiger charge is 2.19. The van der Waals surface area contributed by atoms with Crippen molar-refractivity contribution in [3.8, 4) is 0 Å². The summed E-state index contributed by atoms with van der Waals surface area (Å²) in [6.07, 6.45) is 57.6. The Labute approximate surface area is 328 Å². The van der Waals surface area contributed by atoms with Gasteiger partial charge < -0.3 is 14.2 Å². The van der Waals surface area contributed by atoms with Crippen molar-refractivity contribution in [2.45, 2.75) is 136 Å². The lowest BCUT2D eigenvalue weighted by atomic mass is 10.1. The fraction of sp³-hybridized carbons (Fsp3) is 0.479. The first-order chi connectivity index (χ1) is 26.5. The molecule has 0 saturated heterocycles. The number of unbranched alkanes of at least 4 members (excludes halogenated alkanes) is 5. The molecule has 0 aliphatic rings. The molecule has 0 aliphatic heterocycles. The van der Waals surface area contributed by atoms with E-state index in [0.29, 0.717) is 19.3 Å². The zero-order valence-electron chi connectivity index (χ0n) is 33.7. The topological polar surface area (TPSA) is 78.9 Å². The number of hydrogen-bond acceptors (Lipinski definition) is 6. The molecule has 1 atom stereocenters. The molecule has 0 aromatic rings. The lowest BCUT2D eigenvalue weighted by molar-refractivity contribution is -0.166. The number of hydrogen-bond donors (Lipinski definition) is 0. The van der Waals surface area contributed by atoms with Crippen LogP contribution in [0.5, 0.6) is 0 Å². The van der Waals surface area contributed by atoms with Gasteiger partial charge in [0.25, 0.3) is 0 Å². The largest absolute Gasteiger partial charge is 0.462 e. The molecular weight excluding hydrogens is 673 g/mol.